The topological polar surface area (TPSA) is 36.4 Å². The van der Waals surface area contributed by atoms with E-state index in [0.29, 0.717) is 11.8 Å². The average Bonchev–Trinajstić information content (AvgIpc) is 3.08. The Kier molecular flexibility index (Phi) is 2.50. The van der Waals surface area contributed by atoms with E-state index >= 15 is 0 Å². The molecule has 3 aliphatic rings. The lowest BCUT2D eigenvalue weighted by Gasteiger charge is -2.22. The van der Waals surface area contributed by atoms with E-state index in [9.17, 15) is 4.79 Å². The van der Waals surface area contributed by atoms with Gasteiger partial charge in [0.15, 0.2) is 0 Å². The van der Waals surface area contributed by atoms with Crippen LogP contribution in [0.15, 0.2) is 24.5 Å². The second-order valence-electron chi connectivity index (χ2n) is 6.17. The van der Waals surface area contributed by atoms with Gasteiger partial charge >= 0.3 is 0 Å². The molecule has 1 aliphatic carbocycles. The van der Waals surface area contributed by atoms with E-state index in [1.165, 1.54) is 12.8 Å². The highest BCUT2D eigenvalue weighted by atomic mass is 16.2. The molecule has 2 atom stereocenters. The molecule has 1 amide bonds. The Bertz CT molecular complexity index is 485. The lowest BCUT2D eigenvalue weighted by Crippen LogP contribution is -2.34. The van der Waals surface area contributed by atoms with Crippen LogP contribution in [0.2, 0.25) is 0 Å². The van der Waals surface area contributed by atoms with E-state index in [-0.39, 0.29) is 5.92 Å². The van der Waals surface area contributed by atoms with E-state index in [1.807, 2.05) is 12.3 Å². The number of rotatable bonds is 3. The van der Waals surface area contributed by atoms with Crippen molar-refractivity contribution in [1.29, 1.82) is 0 Å². The molecular weight excluding hydrogens is 238 g/mol. The van der Waals surface area contributed by atoms with Crippen molar-refractivity contribution in [2.75, 3.05) is 31.1 Å². The fourth-order valence-electron chi connectivity index (χ4n) is 3.47. The first kappa shape index (κ1) is 11.3. The standard InChI is InChI=1S/C15H19N3O/c19-15-14-10-17(13-2-1-5-16-6-13)8-12(14)9-18(15)7-11-3-4-11/h1-2,5-6,11-12,14H,3-4,7-10H2/t12-,14-/m1/s1. The van der Waals surface area contributed by atoms with Crippen LogP contribution in [0.1, 0.15) is 12.8 Å². The van der Waals surface area contributed by atoms with Gasteiger partial charge in [-0.2, -0.15) is 0 Å². The number of pyridine rings is 1. The number of amides is 1. The summed E-state index contributed by atoms with van der Waals surface area (Å²) in [6, 6.07) is 4.05. The van der Waals surface area contributed by atoms with E-state index in [1.54, 1.807) is 6.20 Å². The molecule has 0 N–H and O–H groups in total. The highest BCUT2D eigenvalue weighted by Crippen LogP contribution is 2.37. The molecule has 4 rings (SSSR count). The van der Waals surface area contributed by atoms with Crippen LogP contribution in [0.5, 0.6) is 0 Å². The molecule has 3 fully saturated rings. The van der Waals surface area contributed by atoms with Crippen LogP contribution in [0.25, 0.3) is 0 Å². The molecule has 2 aliphatic heterocycles. The van der Waals surface area contributed by atoms with Gasteiger partial charge in [0.2, 0.25) is 5.91 Å². The lowest BCUT2D eigenvalue weighted by atomic mass is 10.0. The SMILES string of the molecule is O=C1[C@@H]2CN(c3cccnc3)C[C@@H]2CN1CC1CC1. The summed E-state index contributed by atoms with van der Waals surface area (Å²) >= 11 is 0. The third-order valence-corrected chi connectivity index (χ3v) is 4.71. The third kappa shape index (κ3) is 1.99. The number of hydrogen-bond donors (Lipinski definition) is 0. The molecule has 2 saturated heterocycles. The number of nitrogens with zero attached hydrogens (tertiary/aromatic N) is 3. The first-order valence-electron chi connectivity index (χ1n) is 7.25. The molecule has 1 saturated carbocycles. The van der Waals surface area contributed by atoms with Gasteiger partial charge in [-0.1, -0.05) is 0 Å². The zero-order valence-electron chi connectivity index (χ0n) is 11.0. The third-order valence-electron chi connectivity index (χ3n) is 4.71. The molecule has 1 aromatic heterocycles. The Balaban J connectivity index is 1.45. The van der Waals surface area contributed by atoms with Crippen molar-refractivity contribution in [2.24, 2.45) is 17.8 Å². The number of aromatic nitrogens is 1. The number of hydrogen-bond acceptors (Lipinski definition) is 3. The molecule has 4 nitrogen and oxygen atoms in total. The first-order valence-corrected chi connectivity index (χ1v) is 7.25. The normalized spacial score (nSPS) is 30.0. The van der Waals surface area contributed by atoms with Gasteiger partial charge in [0.25, 0.3) is 0 Å². The average molecular weight is 257 g/mol. The van der Waals surface area contributed by atoms with Crippen LogP contribution < -0.4 is 4.90 Å². The first-order chi connectivity index (χ1) is 9.31. The zero-order valence-corrected chi connectivity index (χ0v) is 11.0. The second-order valence-corrected chi connectivity index (χ2v) is 6.17. The molecule has 19 heavy (non-hydrogen) atoms. The predicted octanol–water partition coefficient (Wildman–Crippen LogP) is 1.39. The van der Waals surface area contributed by atoms with Crippen molar-refractivity contribution in [3.63, 3.8) is 0 Å². The quantitative estimate of drug-likeness (QED) is 0.821. The van der Waals surface area contributed by atoms with E-state index in [2.05, 4.69) is 20.9 Å². The summed E-state index contributed by atoms with van der Waals surface area (Å²) in [6.45, 7) is 3.86. The molecule has 0 bridgehead atoms. The van der Waals surface area contributed by atoms with Crippen LogP contribution in [0.4, 0.5) is 5.69 Å². The highest BCUT2D eigenvalue weighted by Gasteiger charge is 2.47. The molecule has 3 heterocycles. The van der Waals surface area contributed by atoms with Gasteiger partial charge < -0.3 is 9.80 Å². The zero-order chi connectivity index (χ0) is 12.8. The highest BCUT2D eigenvalue weighted by molar-refractivity contribution is 5.83. The maximum atomic E-state index is 12.4. The van der Waals surface area contributed by atoms with Gasteiger partial charge in [-0.3, -0.25) is 9.78 Å². The number of carbonyl (C=O) groups is 1. The largest absolute Gasteiger partial charge is 0.369 e. The van der Waals surface area contributed by atoms with Gasteiger partial charge in [0.05, 0.1) is 17.8 Å². The summed E-state index contributed by atoms with van der Waals surface area (Å²) in [5, 5.41) is 0. The van der Waals surface area contributed by atoms with Crippen molar-refractivity contribution in [2.45, 2.75) is 12.8 Å². The van der Waals surface area contributed by atoms with Gasteiger partial charge in [-0.25, -0.2) is 0 Å². The Labute approximate surface area is 113 Å². The van der Waals surface area contributed by atoms with E-state index in [4.69, 9.17) is 0 Å². The number of carbonyl (C=O) groups excluding carboxylic acids is 1. The maximum absolute atomic E-state index is 12.4. The molecule has 100 valence electrons. The van der Waals surface area contributed by atoms with Crippen molar-refractivity contribution in [3.8, 4) is 0 Å². The number of likely N-dealkylation sites (tertiary alicyclic amines) is 1. The molecule has 0 aromatic carbocycles. The van der Waals surface area contributed by atoms with Gasteiger partial charge in [0.1, 0.15) is 0 Å². The van der Waals surface area contributed by atoms with E-state index in [0.717, 1.165) is 37.8 Å². The number of fused-ring (bicyclic) bond motifs is 1. The van der Waals surface area contributed by atoms with Gasteiger partial charge in [-0.05, 0) is 30.9 Å². The summed E-state index contributed by atoms with van der Waals surface area (Å²) in [5.41, 5.74) is 1.15. The molecular formula is C15H19N3O. The van der Waals surface area contributed by atoms with Crippen LogP contribution in [0, 0.1) is 17.8 Å². The Morgan fingerprint density at radius 2 is 2.16 bits per heavy atom. The Hall–Kier alpha value is -1.58. The fourth-order valence-corrected chi connectivity index (χ4v) is 3.47. The van der Waals surface area contributed by atoms with Crippen LogP contribution in [-0.4, -0.2) is 42.0 Å². The lowest BCUT2D eigenvalue weighted by molar-refractivity contribution is -0.130. The minimum atomic E-state index is 0.221. The van der Waals surface area contributed by atoms with Gasteiger partial charge in [-0.15, -0.1) is 0 Å². The van der Waals surface area contributed by atoms with Crippen LogP contribution >= 0.6 is 0 Å². The van der Waals surface area contributed by atoms with Crippen LogP contribution in [0.3, 0.4) is 0 Å². The van der Waals surface area contributed by atoms with Crippen molar-refractivity contribution in [3.05, 3.63) is 24.5 Å². The predicted molar refractivity (Wildman–Crippen MR) is 72.7 cm³/mol. The minimum Gasteiger partial charge on any atom is -0.369 e. The van der Waals surface area contributed by atoms with E-state index < -0.39 is 0 Å². The molecule has 0 spiro atoms. The monoisotopic (exact) mass is 257 g/mol. The van der Waals surface area contributed by atoms with Crippen molar-refractivity contribution in [1.82, 2.24) is 9.88 Å². The molecule has 0 radical (unpaired) electrons. The fraction of sp³-hybridized carbons (Fsp3) is 0.600. The smallest absolute Gasteiger partial charge is 0.227 e. The van der Waals surface area contributed by atoms with Crippen LogP contribution in [-0.2, 0) is 4.79 Å². The van der Waals surface area contributed by atoms with Gasteiger partial charge in [0, 0.05) is 38.3 Å². The summed E-state index contributed by atoms with van der Waals surface area (Å²) in [5.74, 6) is 1.94. The summed E-state index contributed by atoms with van der Waals surface area (Å²) in [6.07, 6.45) is 6.33. The van der Waals surface area contributed by atoms with Crippen molar-refractivity contribution < 1.29 is 4.79 Å². The Morgan fingerprint density at radius 3 is 2.84 bits per heavy atom. The Morgan fingerprint density at radius 1 is 1.26 bits per heavy atom. The molecule has 4 heteroatoms. The summed E-state index contributed by atoms with van der Waals surface area (Å²) < 4.78 is 0. The van der Waals surface area contributed by atoms with Crippen molar-refractivity contribution >= 4 is 11.6 Å². The minimum absolute atomic E-state index is 0.221. The number of anilines is 1. The molecule has 1 aromatic rings. The second kappa shape index (κ2) is 4.22. The molecule has 0 unspecified atom stereocenters. The summed E-state index contributed by atoms with van der Waals surface area (Å²) in [4.78, 5) is 21.0. The summed E-state index contributed by atoms with van der Waals surface area (Å²) in [7, 11) is 0. The maximum Gasteiger partial charge on any atom is 0.227 e.